The van der Waals surface area contributed by atoms with Gasteiger partial charge >= 0.3 is 5.97 Å². The summed E-state index contributed by atoms with van der Waals surface area (Å²) in [7, 11) is 0. The summed E-state index contributed by atoms with van der Waals surface area (Å²) in [4.78, 5) is 12.6. The Labute approximate surface area is 73.4 Å². The SMILES string of the molecule is CC1CCCC(C)N1[13CH2]C(=O)O. The van der Waals surface area contributed by atoms with Crippen molar-refractivity contribution in [3.05, 3.63) is 0 Å². The fourth-order valence-electron chi connectivity index (χ4n) is 1.94. The van der Waals surface area contributed by atoms with Crippen molar-refractivity contribution in [1.82, 2.24) is 4.90 Å². The zero-order valence-electron chi connectivity index (χ0n) is 7.79. The summed E-state index contributed by atoms with van der Waals surface area (Å²) in [5, 5.41) is 8.66. The predicted molar refractivity (Wildman–Crippen MR) is 47.1 cm³/mol. The van der Waals surface area contributed by atoms with E-state index < -0.39 is 5.97 Å². The highest BCUT2D eigenvalue weighted by Gasteiger charge is 2.25. The summed E-state index contributed by atoms with van der Waals surface area (Å²) in [6.07, 6.45) is 3.51. The molecule has 0 saturated carbocycles. The molecule has 0 aromatic carbocycles. The molecule has 1 aliphatic heterocycles. The monoisotopic (exact) mass is 172 g/mol. The molecule has 2 unspecified atom stereocenters. The second kappa shape index (κ2) is 3.90. The molecule has 3 heteroatoms. The largest absolute Gasteiger partial charge is 0.480 e. The average Bonchev–Trinajstić information content (AvgIpc) is 1.97. The van der Waals surface area contributed by atoms with Gasteiger partial charge in [-0.2, -0.15) is 0 Å². The van der Waals surface area contributed by atoms with Gasteiger partial charge < -0.3 is 5.11 Å². The fraction of sp³-hybridized carbons (Fsp3) is 0.889. The van der Waals surface area contributed by atoms with Crippen LogP contribution >= 0.6 is 0 Å². The van der Waals surface area contributed by atoms with E-state index in [0.29, 0.717) is 12.1 Å². The molecular formula is C9H17NO2. The highest BCUT2D eigenvalue weighted by molar-refractivity contribution is 5.69. The third-order valence-corrected chi connectivity index (χ3v) is 2.69. The van der Waals surface area contributed by atoms with Gasteiger partial charge in [0.25, 0.3) is 0 Å². The minimum atomic E-state index is -0.712. The number of carboxylic acid groups (broad SMARTS) is 1. The van der Waals surface area contributed by atoms with E-state index in [9.17, 15) is 4.79 Å². The molecule has 1 fully saturated rings. The van der Waals surface area contributed by atoms with Crippen LogP contribution < -0.4 is 0 Å². The van der Waals surface area contributed by atoms with Crippen molar-refractivity contribution in [2.24, 2.45) is 0 Å². The maximum Gasteiger partial charge on any atom is 0.317 e. The van der Waals surface area contributed by atoms with Crippen LogP contribution in [0.25, 0.3) is 0 Å². The first kappa shape index (κ1) is 9.52. The van der Waals surface area contributed by atoms with Gasteiger partial charge in [0.1, 0.15) is 0 Å². The van der Waals surface area contributed by atoms with Gasteiger partial charge in [0.2, 0.25) is 0 Å². The highest BCUT2D eigenvalue weighted by Crippen LogP contribution is 2.21. The molecule has 0 aromatic heterocycles. The fourth-order valence-corrected chi connectivity index (χ4v) is 1.94. The Kier molecular flexibility index (Phi) is 3.09. The zero-order chi connectivity index (χ0) is 9.14. The molecular weight excluding hydrogens is 155 g/mol. The topological polar surface area (TPSA) is 40.5 Å². The van der Waals surface area contributed by atoms with Crippen LogP contribution in [0.3, 0.4) is 0 Å². The van der Waals surface area contributed by atoms with Crippen LogP contribution in [0.5, 0.6) is 0 Å². The number of rotatable bonds is 2. The number of hydrogen-bond acceptors (Lipinski definition) is 2. The summed E-state index contributed by atoms with van der Waals surface area (Å²) >= 11 is 0. The lowest BCUT2D eigenvalue weighted by atomic mass is 9.99. The van der Waals surface area contributed by atoms with E-state index in [1.165, 1.54) is 6.42 Å². The smallest absolute Gasteiger partial charge is 0.317 e. The van der Waals surface area contributed by atoms with Gasteiger partial charge in [0.05, 0.1) is 6.54 Å². The second-order valence-corrected chi connectivity index (χ2v) is 3.70. The van der Waals surface area contributed by atoms with Gasteiger partial charge in [0.15, 0.2) is 0 Å². The summed E-state index contributed by atoms with van der Waals surface area (Å²) in [5.74, 6) is -0.712. The molecule has 0 bridgehead atoms. The van der Waals surface area contributed by atoms with Gasteiger partial charge in [-0.1, -0.05) is 6.42 Å². The van der Waals surface area contributed by atoms with Crippen LogP contribution in [-0.2, 0) is 4.79 Å². The first-order valence-corrected chi connectivity index (χ1v) is 4.59. The standard InChI is InChI=1S/C9H17NO2/c1-7-4-3-5-8(2)10(7)6-9(11)12/h7-8H,3-6H2,1-2H3,(H,11,12)/i6+1. The number of piperidine rings is 1. The van der Waals surface area contributed by atoms with Gasteiger partial charge in [0, 0.05) is 12.1 Å². The van der Waals surface area contributed by atoms with Crippen molar-refractivity contribution in [3.8, 4) is 0 Å². The Morgan fingerprint density at radius 3 is 2.33 bits per heavy atom. The van der Waals surface area contributed by atoms with Crippen LogP contribution in [0, 0.1) is 0 Å². The molecule has 0 spiro atoms. The number of hydrogen-bond donors (Lipinski definition) is 1. The van der Waals surface area contributed by atoms with Crippen molar-refractivity contribution >= 4 is 5.97 Å². The third-order valence-electron chi connectivity index (χ3n) is 2.69. The minimum Gasteiger partial charge on any atom is -0.480 e. The van der Waals surface area contributed by atoms with E-state index in [1.54, 1.807) is 0 Å². The van der Waals surface area contributed by atoms with E-state index in [4.69, 9.17) is 5.11 Å². The summed E-state index contributed by atoms with van der Waals surface area (Å²) < 4.78 is 0. The molecule has 1 aliphatic rings. The molecule has 12 heavy (non-hydrogen) atoms. The Morgan fingerprint density at radius 2 is 1.92 bits per heavy atom. The number of aliphatic carboxylic acids is 1. The zero-order valence-corrected chi connectivity index (χ0v) is 7.79. The van der Waals surface area contributed by atoms with Gasteiger partial charge in [-0.05, 0) is 26.7 Å². The molecule has 1 rings (SSSR count). The summed E-state index contributed by atoms with van der Waals surface area (Å²) in [6, 6.07) is 0.870. The van der Waals surface area contributed by atoms with Gasteiger partial charge in [-0.25, -0.2) is 0 Å². The van der Waals surface area contributed by atoms with Gasteiger partial charge in [-0.15, -0.1) is 0 Å². The maximum atomic E-state index is 10.5. The summed E-state index contributed by atoms with van der Waals surface area (Å²) in [6.45, 7) is 4.42. The molecule has 1 N–H and O–H groups in total. The lowest BCUT2D eigenvalue weighted by Gasteiger charge is -2.37. The van der Waals surface area contributed by atoms with Crippen LogP contribution in [0.15, 0.2) is 0 Å². The second-order valence-electron chi connectivity index (χ2n) is 3.70. The normalized spacial score (nSPS) is 31.8. The van der Waals surface area contributed by atoms with Gasteiger partial charge in [-0.3, -0.25) is 9.69 Å². The van der Waals surface area contributed by atoms with E-state index in [0.717, 1.165) is 12.8 Å². The molecule has 0 amide bonds. The van der Waals surface area contributed by atoms with Crippen molar-refractivity contribution in [2.45, 2.75) is 45.2 Å². The van der Waals surface area contributed by atoms with E-state index in [2.05, 4.69) is 18.7 Å². The molecule has 0 aromatic rings. The lowest BCUT2D eigenvalue weighted by Crippen LogP contribution is -2.46. The average molecular weight is 172 g/mol. The highest BCUT2D eigenvalue weighted by atomic mass is 16.4. The molecule has 0 aliphatic carbocycles. The first-order chi connectivity index (χ1) is 5.61. The van der Waals surface area contributed by atoms with E-state index in [-0.39, 0.29) is 6.54 Å². The number of carboxylic acids is 1. The predicted octanol–water partition coefficient (Wildman–Crippen LogP) is 1.33. The van der Waals surface area contributed by atoms with Crippen molar-refractivity contribution in [1.29, 1.82) is 0 Å². The minimum absolute atomic E-state index is 0.197. The van der Waals surface area contributed by atoms with Crippen LogP contribution in [-0.4, -0.2) is 34.6 Å². The molecule has 70 valence electrons. The first-order valence-electron chi connectivity index (χ1n) is 4.59. The Morgan fingerprint density at radius 1 is 1.42 bits per heavy atom. The van der Waals surface area contributed by atoms with E-state index in [1.807, 2.05) is 0 Å². The van der Waals surface area contributed by atoms with Crippen LogP contribution in [0.2, 0.25) is 0 Å². The van der Waals surface area contributed by atoms with Crippen molar-refractivity contribution in [3.63, 3.8) is 0 Å². The number of nitrogens with zero attached hydrogens (tertiary/aromatic N) is 1. The third kappa shape index (κ3) is 2.21. The van der Waals surface area contributed by atoms with Crippen LogP contribution in [0.1, 0.15) is 33.1 Å². The van der Waals surface area contributed by atoms with Crippen molar-refractivity contribution < 1.29 is 9.90 Å². The number of carbonyl (C=O) groups is 1. The van der Waals surface area contributed by atoms with E-state index >= 15 is 0 Å². The van der Waals surface area contributed by atoms with Crippen molar-refractivity contribution in [2.75, 3.05) is 6.54 Å². The quantitative estimate of drug-likeness (QED) is 0.639. The Bertz CT molecular complexity index is 160. The molecule has 2 atom stereocenters. The Hall–Kier alpha value is -0.570. The molecule has 3 nitrogen and oxygen atoms in total. The maximum absolute atomic E-state index is 10.5. The summed E-state index contributed by atoms with van der Waals surface area (Å²) in [5.41, 5.74) is 0. The molecule has 1 heterocycles. The van der Waals surface area contributed by atoms with Crippen LogP contribution in [0.4, 0.5) is 0 Å². The lowest BCUT2D eigenvalue weighted by molar-refractivity contribution is -0.140. The molecule has 1 saturated heterocycles. The Balaban J connectivity index is 2.50. The number of likely N-dealkylation sites (tertiary alicyclic amines) is 1. The molecule has 0 radical (unpaired) electrons.